The van der Waals surface area contributed by atoms with Gasteiger partial charge in [0.05, 0.1) is 11.8 Å². The molecule has 1 aliphatic carbocycles. The third kappa shape index (κ3) is 2.84. The van der Waals surface area contributed by atoms with Crippen LogP contribution in [-0.2, 0) is 13.5 Å². The zero-order valence-corrected chi connectivity index (χ0v) is 11.3. The van der Waals surface area contributed by atoms with Crippen molar-refractivity contribution in [3.05, 3.63) is 18.3 Å². The quantitative estimate of drug-likeness (QED) is 0.851. The summed E-state index contributed by atoms with van der Waals surface area (Å²) in [6.07, 6.45) is 7.06. The van der Waals surface area contributed by atoms with Gasteiger partial charge >= 0.3 is 0 Å². The minimum Gasteiger partial charge on any atom is -0.339 e. The van der Waals surface area contributed by atoms with E-state index in [0.29, 0.717) is 17.8 Å². The molecule has 0 aromatic carbocycles. The highest BCUT2D eigenvalue weighted by Gasteiger charge is 2.31. The molecule has 19 heavy (non-hydrogen) atoms. The number of hydrogen-bond acceptors (Lipinski definition) is 5. The van der Waals surface area contributed by atoms with Gasteiger partial charge in [-0.25, -0.2) is 0 Å². The number of aromatic nitrogens is 4. The number of nitrogens with one attached hydrogen (secondary N) is 1. The zero-order valence-electron chi connectivity index (χ0n) is 11.3. The Kier molecular flexibility index (Phi) is 3.33. The Bertz CT molecular complexity index is 543. The standard InChI is InChI=1S/C13H19N5O/c1-3-14-11(9-4-5-9)6-12-16-13(17-19-12)10-7-15-18(2)8-10/h7-9,11,14H,3-6H2,1-2H3. The van der Waals surface area contributed by atoms with E-state index in [0.717, 1.165) is 24.4 Å². The summed E-state index contributed by atoms with van der Waals surface area (Å²) in [6.45, 7) is 3.11. The molecule has 2 heterocycles. The lowest BCUT2D eigenvalue weighted by Gasteiger charge is -2.14. The van der Waals surface area contributed by atoms with Crippen molar-refractivity contribution >= 4 is 0 Å². The van der Waals surface area contributed by atoms with Crippen LogP contribution in [0.2, 0.25) is 0 Å². The van der Waals surface area contributed by atoms with E-state index in [2.05, 4.69) is 27.5 Å². The Hall–Kier alpha value is -1.69. The minimum atomic E-state index is 0.465. The molecule has 6 heteroatoms. The molecule has 0 saturated heterocycles. The maximum Gasteiger partial charge on any atom is 0.228 e. The van der Waals surface area contributed by atoms with E-state index in [1.165, 1.54) is 12.8 Å². The van der Waals surface area contributed by atoms with Crippen LogP contribution in [0, 0.1) is 5.92 Å². The van der Waals surface area contributed by atoms with Gasteiger partial charge in [0.1, 0.15) is 0 Å². The van der Waals surface area contributed by atoms with Crippen LogP contribution in [-0.4, -0.2) is 32.5 Å². The number of nitrogens with zero attached hydrogens (tertiary/aromatic N) is 4. The highest BCUT2D eigenvalue weighted by molar-refractivity contribution is 5.50. The molecule has 0 bridgehead atoms. The fraction of sp³-hybridized carbons (Fsp3) is 0.615. The third-order valence-corrected chi connectivity index (χ3v) is 3.48. The molecule has 1 N–H and O–H groups in total. The summed E-state index contributed by atoms with van der Waals surface area (Å²) in [4.78, 5) is 4.45. The van der Waals surface area contributed by atoms with Crippen molar-refractivity contribution in [3.63, 3.8) is 0 Å². The van der Waals surface area contributed by atoms with Crippen molar-refractivity contribution in [2.75, 3.05) is 6.54 Å². The first-order valence-electron chi connectivity index (χ1n) is 6.81. The van der Waals surface area contributed by atoms with Crippen molar-refractivity contribution in [1.29, 1.82) is 0 Å². The third-order valence-electron chi connectivity index (χ3n) is 3.48. The minimum absolute atomic E-state index is 0.465. The van der Waals surface area contributed by atoms with Crippen LogP contribution in [0.3, 0.4) is 0 Å². The van der Waals surface area contributed by atoms with Gasteiger partial charge in [-0.05, 0) is 25.3 Å². The molecule has 3 rings (SSSR count). The van der Waals surface area contributed by atoms with E-state index in [4.69, 9.17) is 4.52 Å². The number of hydrogen-bond donors (Lipinski definition) is 1. The zero-order chi connectivity index (χ0) is 13.2. The molecular weight excluding hydrogens is 242 g/mol. The fourth-order valence-corrected chi connectivity index (χ4v) is 2.35. The fourth-order valence-electron chi connectivity index (χ4n) is 2.35. The van der Waals surface area contributed by atoms with Crippen LogP contribution in [0.1, 0.15) is 25.7 Å². The van der Waals surface area contributed by atoms with Gasteiger partial charge in [-0.3, -0.25) is 4.68 Å². The Morgan fingerprint density at radius 1 is 1.53 bits per heavy atom. The maximum atomic E-state index is 5.34. The molecule has 0 aliphatic heterocycles. The summed E-state index contributed by atoms with van der Waals surface area (Å²) in [5, 5.41) is 11.6. The molecule has 1 atom stereocenters. The van der Waals surface area contributed by atoms with Gasteiger partial charge < -0.3 is 9.84 Å². The van der Waals surface area contributed by atoms with E-state index < -0.39 is 0 Å². The monoisotopic (exact) mass is 261 g/mol. The van der Waals surface area contributed by atoms with Gasteiger partial charge in [-0.2, -0.15) is 10.1 Å². The molecule has 102 valence electrons. The SMILES string of the molecule is CCNC(Cc1nc(-c2cnn(C)c2)no1)C1CC1. The second-order valence-electron chi connectivity index (χ2n) is 5.12. The maximum absolute atomic E-state index is 5.34. The first kappa shape index (κ1) is 12.3. The van der Waals surface area contributed by atoms with Gasteiger partial charge in [0.15, 0.2) is 0 Å². The lowest BCUT2D eigenvalue weighted by molar-refractivity contribution is 0.348. The highest BCUT2D eigenvalue weighted by Crippen LogP contribution is 2.34. The van der Waals surface area contributed by atoms with Crippen molar-refractivity contribution in [2.24, 2.45) is 13.0 Å². The van der Waals surface area contributed by atoms with Crippen LogP contribution >= 0.6 is 0 Å². The predicted molar refractivity (Wildman–Crippen MR) is 70.4 cm³/mol. The summed E-state index contributed by atoms with van der Waals surface area (Å²) in [6, 6.07) is 0.465. The molecule has 0 spiro atoms. The second-order valence-corrected chi connectivity index (χ2v) is 5.12. The lowest BCUT2D eigenvalue weighted by Crippen LogP contribution is -2.33. The van der Waals surface area contributed by atoms with Crippen molar-refractivity contribution in [2.45, 2.75) is 32.2 Å². The molecule has 6 nitrogen and oxygen atoms in total. The van der Waals surface area contributed by atoms with Crippen LogP contribution < -0.4 is 5.32 Å². The number of likely N-dealkylation sites (N-methyl/N-ethyl adjacent to an activating group) is 1. The van der Waals surface area contributed by atoms with Crippen LogP contribution in [0.15, 0.2) is 16.9 Å². The molecular formula is C13H19N5O. The van der Waals surface area contributed by atoms with Crippen molar-refractivity contribution < 1.29 is 4.52 Å². The Morgan fingerprint density at radius 3 is 3.00 bits per heavy atom. The molecule has 1 aliphatic rings. The summed E-state index contributed by atoms with van der Waals surface area (Å²) in [7, 11) is 1.87. The second kappa shape index (κ2) is 5.13. The van der Waals surface area contributed by atoms with E-state index >= 15 is 0 Å². The van der Waals surface area contributed by atoms with Crippen LogP contribution in [0.4, 0.5) is 0 Å². The smallest absolute Gasteiger partial charge is 0.228 e. The van der Waals surface area contributed by atoms with Gasteiger partial charge in [0.25, 0.3) is 0 Å². The molecule has 1 fully saturated rings. The first-order valence-corrected chi connectivity index (χ1v) is 6.81. The van der Waals surface area contributed by atoms with Crippen molar-refractivity contribution in [3.8, 4) is 11.4 Å². The topological polar surface area (TPSA) is 68.8 Å². The number of aryl methyl sites for hydroxylation is 1. The molecule has 0 radical (unpaired) electrons. The van der Waals surface area contributed by atoms with E-state index in [9.17, 15) is 0 Å². The van der Waals surface area contributed by atoms with Crippen molar-refractivity contribution in [1.82, 2.24) is 25.2 Å². The Morgan fingerprint density at radius 2 is 2.37 bits per heavy atom. The van der Waals surface area contributed by atoms with Gasteiger partial charge in [0, 0.05) is 25.7 Å². The summed E-state index contributed by atoms with van der Waals surface area (Å²) in [5.74, 6) is 2.10. The average molecular weight is 261 g/mol. The normalized spacial score (nSPS) is 16.7. The largest absolute Gasteiger partial charge is 0.339 e. The lowest BCUT2D eigenvalue weighted by atomic mass is 10.1. The molecule has 2 aromatic rings. The predicted octanol–water partition coefficient (Wildman–Crippen LogP) is 1.40. The summed E-state index contributed by atoms with van der Waals surface area (Å²) >= 11 is 0. The molecule has 0 amide bonds. The summed E-state index contributed by atoms with van der Waals surface area (Å²) in [5.41, 5.74) is 0.893. The Labute approximate surface area is 112 Å². The van der Waals surface area contributed by atoms with Gasteiger partial charge in [-0.1, -0.05) is 12.1 Å². The summed E-state index contributed by atoms with van der Waals surface area (Å²) < 4.78 is 7.08. The van der Waals surface area contributed by atoms with E-state index in [1.807, 2.05) is 13.2 Å². The van der Waals surface area contributed by atoms with E-state index in [-0.39, 0.29) is 0 Å². The first-order chi connectivity index (χ1) is 9.26. The highest BCUT2D eigenvalue weighted by atomic mass is 16.5. The van der Waals surface area contributed by atoms with Gasteiger partial charge in [0.2, 0.25) is 11.7 Å². The van der Waals surface area contributed by atoms with E-state index in [1.54, 1.807) is 10.9 Å². The van der Waals surface area contributed by atoms with Crippen LogP contribution in [0.5, 0.6) is 0 Å². The average Bonchev–Trinajstić information content (AvgIpc) is 2.99. The Balaban J connectivity index is 1.70. The molecule has 2 aromatic heterocycles. The molecule has 1 saturated carbocycles. The van der Waals surface area contributed by atoms with Gasteiger partial charge in [-0.15, -0.1) is 0 Å². The van der Waals surface area contributed by atoms with Crippen LogP contribution in [0.25, 0.3) is 11.4 Å². The number of rotatable bonds is 6. The molecule has 1 unspecified atom stereocenters.